The number of hydrogen-bond donors (Lipinski definition) is 1. The number of aromatic nitrogens is 1. The Bertz CT molecular complexity index is 859. The highest BCUT2D eigenvalue weighted by atomic mass is 35.5. The van der Waals surface area contributed by atoms with Crippen LogP contribution in [-0.2, 0) is 0 Å². The van der Waals surface area contributed by atoms with Crippen molar-refractivity contribution >= 4 is 28.5 Å². The number of pyridine rings is 1. The van der Waals surface area contributed by atoms with Crippen molar-refractivity contribution < 1.29 is 9.90 Å². The van der Waals surface area contributed by atoms with Crippen molar-refractivity contribution in [3.05, 3.63) is 64.7 Å². The van der Waals surface area contributed by atoms with Gasteiger partial charge in [0, 0.05) is 16.0 Å². The molecule has 3 rings (SSSR count). The average molecular weight is 298 g/mol. The lowest BCUT2D eigenvalue weighted by Crippen LogP contribution is -2.01. The largest absolute Gasteiger partial charge is 0.478 e. The highest BCUT2D eigenvalue weighted by Crippen LogP contribution is 2.30. The van der Waals surface area contributed by atoms with Gasteiger partial charge in [-0.3, -0.25) is 0 Å². The molecule has 0 amide bonds. The minimum atomic E-state index is -0.971. The number of rotatable bonds is 2. The lowest BCUT2D eigenvalue weighted by atomic mass is 10.0. The van der Waals surface area contributed by atoms with E-state index in [9.17, 15) is 9.90 Å². The first-order chi connectivity index (χ1) is 10.1. The van der Waals surface area contributed by atoms with E-state index in [2.05, 4.69) is 4.98 Å². The molecule has 0 aliphatic carbocycles. The standard InChI is InChI=1S/C17H12ClNO2/c1-10-5-4-7-11-13(17(20)21)9-15(19-16(10)11)12-6-2-3-8-14(12)18/h2-9H,1H3,(H,20,21). The number of aromatic carboxylic acids is 1. The van der Waals surface area contributed by atoms with Crippen LogP contribution in [0.25, 0.3) is 22.2 Å². The van der Waals surface area contributed by atoms with Crippen LogP contribution in [0.3, 0.4) is 0 Å². The predicted octanol–water partition coefficient (Wildman–Crippen LogP) is 4.56. The number of nitrogens with zero attached hydrogens (tertiary/aromatic N) is 1. The Morgan fingerprint density at radius 3 is 2.62 bits per heavy atom. The number of fused-ring (bicyclic) bond motifs is 1. The monoisotopic (exact) mass is 297 g/mol. The minimum Gasteiger partial charge on any atom is -0.478 e. The summed E-state index contributed by atoms with van der Waals surface area (Å²) in [7, 11) is 0. The topological polar surface area (TPSA) is 50.2 Å². The van der Waals surface area contributed by atoms with E-state index in [-0.39, 0.29) is 5.56 Å². The molecule has 21 heavy (non-hydrogen) atoms. The summed E-state index contributed by atoms with van der Waals surface area (Å²) in [6.07, 6.45) is 0. The zero-order valence-electron chi connectivity index (χ0n) is 11.3. The van der Waals surface area contributed by atoms with Crippen LogP contribution in [-0.4, -0.2) is 16.1 Å². The van der Waals surface area contributed by atoms with Crippen molar-refractivity contribution in [1.82, 2.24) is 4.98 Å². The molecule has 4 heteroatoms. The first-order valence-electron chi connectivity index (χ1n) is 6.46. The second-order valence-corrected chi connectivity index (χ2v) is 5.22. The number of carboxylic acids is 1. The zero-order valence-corrected chi connectivity index (χ0v) is 12.1. The Hall–Kier alpha value is -2.39. The summed E-state index contributed by atoms with van der Waals surface area (Å²) in [6, 6.07) is 14.4. The maximum atomic E-state index is 11.5. The van der Waals surface area contributed by atoms with Crippen LogP contribution >= 0.6 is 11.6 Å². The van der Waals surface area contributed by atoms with E-state index in [4.69, 9.17) is 11.6 Å². The van der Waals surface area contributed by atoms with Crippen molar-refractivity contribution in [2.24, 2.45) is 0 Å². The molecular weight excluding hydrogens is 286 g/mol. The van der Waals surface area contributed by atoms with Crippen LogP contribution in [0.1, 0.15) is 15.9 Å². The molecule has 3 nitrogen and oxygen atoms in total. The van der Waals surface area contributed by atoms with Gasteiger partial charge in [-0.05, 0) is 24.6 Å². The molecule has 0 aliphatic rings. The van der Waals surface area contributed by atoms with Gasteiger partial charge < -0.3 is 5.11 Å². The Balaban J connectivity index is 2.38. The summed E-state index contributed by atoms with van der Waals surface area (Å²) in [5.41, 5.74) is 3.15. The summed E-state index contributed by atoms with van der Waals surface area (Å²) in [4.78, 5) is 16.1. The Morgan fingerprint density at radius 2 is 1.90 bits per heavy atom. The normalized spacial score (nSPS) is 10.8. The molecule has 0 fully saturated rings. The van der Waals surface area contributed by atoms with Gasteiger partial charge in [0.1, 0.15) is 0 Å². The molecular formula is C17H12ClNO2. The van der Waals surface area contributed by atoms with Gasteiger partial charge in [-0.1, -0.05) is 48.0 Å². The summed E-state index contributed by atoms with van der Waals surface area (Å²) in [5.74, 6) is -0.971. The molecule has 0 atom stereocenters. The molecule has 1 N–H and O–H groups in total. The Morgan fingerprint density at radius 1 is 1.14 bits per heavy atom. The van der Waals surface area contributed by atoms with E-state index >= 15 is 0 Å². The van der Waals surface area contributed by atoms with Crippen LogP contribution in [0, 0.1) is 6.92 Å². The molecule has 0 saturated heterocycles. The van der Waals surface area contributed by atoms with E-state index in [0.29, 0.717) is 21.6 Å². The molecule has 2 aromatic carbocycles. The fourth-order valence-corrected chi connectivity index (χ4v) is 2.61. The van der Waals surface area contributed by atoms with Crippen molar-refractivity contribution in [3.63, 3.8) is 0 Å². The van der Waals surface area contributed by atoms with Crippen molar-refractivity contribution in [2.75, 3.05) is 0 Å². The first kappa shape index (κ1) is 13.6. The van der Waals surface area contributed by atoms with Gasteiger partial charge >= 0.3 is 5.97 Å². The number of carboxylic acid groups (broad SMARTS) is 1. The fourth-order valence-electron chi connectivity index (χ4n) is 2.38. The van der Waals surface area contributed by atoms with Gasteiger partial charge in [0.05, 0.1) is 16.8 Å². The summed E-state index contributed by atoms with van der Waals surface area (Å²) < 4.78 is 0. The van der Waals surface area contributed by atoms with E-state index < -0.39 is 5.97 Å². The van der Waals surface area contributed by atoms with Crippen molar-refractivity contribution in [3.8, 4) is 11.3 Å². The van der Waals surface area contributed by atoms with E-state index in [1.165, 1.54) is 0 Å². The van der Waals surface area contributed by atoms with Crippen LogP contribution in [0.15, 0.2) is 48.5 Å². The van der Waals surface area contributed by atoms with Crippen molar-refractivity contribution in [1.29, 1.82) is 0 Å². The molecule has 0 saturated carbocycles. The summed E-state index contributed by atoms with van der Waals surface area (Å²) in [5, 5.41) is 10.6. The van der Waals surface area contributed by atoms with Gasteiger partial charge in [-0.2, -0.15) is 0 Å². The van der Waals surface area contributed by atoms with Gasteiger partial charge in [0.15, 0.2) is 0 Å². The molecule has 0 unspecified atom stereocenters. The molecule has 0 spiro atoms. The third-order valence-corrected chi connectivity index (χ3v) is 3.75. The molecule has 1 aromatic heterocycles. The SMILES string of the molecule is Cc1cccc2c(C(=O)O)cc(-c3ccccc3Cl)nc12. The molecule has 0 aliphatic heterocycles. The number of hydrogen-bond acceptors (Lipinski definition) is 2. The average Bonchev–Trinajstić information content (AvgIpc) is 2.47. The van der Waals surface area contributed by atoms with E-state index in [0.717, 1.165) is 11.1 Å². The third-order valence-electron chi connectivity index (χ3n) is 3.42. The number of carbonyl (C=O) groups is 1. The number of halogens is 1. The summed E-state index contributed by atoms with van der Waals surface area (Å²) in [6.45, 7) is 1.91. The van der Waals surface area contributed by atoms with E-state index in [1.807, 2.05) is 37.3 Å². The minimum absolute atomic E-state index is 0.235. The number of benzene rings is 2. The zero-order chi connectivity index (χ0) is 15.0. The van der Waals surface area contributed by atoms with Gasteiger partial charge in [0.2, 0.25) is 0 Å². The summed E-state index contributed by atoms with van der Waals surface area (Å²) >= 11 is 6.19. The fraction of sp³-hybridized carbons (Fsp3) is 0.0588. The lowest BCUT2D eigenvalue weighted by molar-refractivity contribution is 0.0699. The lowest BCUT2D eigenvalue weighted by Gasteiger charge is -2.10. The Kier molecular flexibility index (Phi) is 3.35. The van der Waals surface area contributed by atoms with Gasteiger partial charge in [0.25, 0.3) is 0 Å². The maximum absolute atomic E-state index is 11.5. The van der Waals surface area contributed by atoms with Crippen LogP contribution in [0.5, 0.6) is 0 Å². The maximum Gasteiger partial charge on any atom is 0.336 e. The van der Waals surface area contributed by atoms with Gasteiger partial charge in [-0.25, -0.2) is 9.78 Å². The highest BCUT2D eigenvalue weighted by Gasteiger charge is 2.15. The number of para-hydroxylation sites is 1. The predicted molar refractivity (Wildman–Crippen MR) is 83.9 cm³/mol. The molecule has 1 heterocycles. The molecule has 3 aromatic rings. The van der Waals surface area contributed by atoms with Crippen LogP contribution in [0.2, 0.25) is 5.02 Å². The smallest absolute Gasteiger partial charge is 0.336 e. The van der Waals surface area contributed by atoms with E-state index in [1.54, 1.807) is 18.2 Å². The Labute approximate surface area is 126 Å². The van der Waals surface area contributed by atoms with Crippen molar-refractivity contribution in [2.45, 2.75) is 6.92 Å². The molecule has 0 bridgehead atoms. The second kappa shape index (κ2) is 5.19. The quantitative estimate of drug-likeness (QED) is 0.754. The molecule has 0 radical (unpaired) electrons. The first-order valence-corrected chi connectivity index (χ1v) is 6.84. The third kappa shape index (κ3) is 2.36. The molecule has 104 valence electrons. The van der Waals surface area contributed by atoms with Crippen LogP contribution < -0.4 is 0 Å². The van der Waals surface area contributed by atoms with Crippen LogP contribution in [0.4, 0.5) is 0 Å². The number of aryl methyl sites for hydroxylation is 1. The van der Waals surface area contributed by atoms with Gasteiger partial charge in [-0.15, -0.1) is 0 Å². The second-order valence-electron chi connectivity index (χ2n) is 4.81. The highest BCUT2D eigenvalue weighted by molar-refractivity contribution is 6.33.